The Hall–Kier alpha value is -1.66. The fourth-order valence-electron chi connectivity index (χ4n) is 4.79. The summed E-state index contributed by atoms with van der Waals surface area (Å²) in [6, 6.07) is 0. The summed E-state index contributed by atoms with van der Waals surface area (Å²) < 4.78 is 46.1. The Labute approximate surface area is 197 Å². The molecule has 0 spiro atoms. The molecule has 1 saturated heterocycles. The Morgan fingerprint density at radius 2 is 1.97 bits per heavy atom. The van der Waals surface area contributed by atoms with Crippen LogP contribution in [0.5, 0.6) is 0 Å². The second-order valence-corrected chi connectivity index (χ2v) is 11.8. The molecule has 3 atom stereocenters. The van der Waals surface area contributed by atoms with Crippen LogP contribution in [-0.4, -0.2) is 65.3 Å². The maximum Gasteiger partial charge on any atom is 0.165 e. The lowest BCUT2D eigenvalue weighted by atomic mass is 10.1. The normalized spacial score (nSPS) is 24.4. The van der Waals surface area contributed by atoms with Gasteiger partial charge in [0.25, 0.3) is 0 Å². The van der Waals surface area contributed by atoms with Crippen molar-refractivity contribution in [3.8, 4) is 0 Å². The van der Waals surface area contributed by atoms with Gasteiger partial charge in [-0.25, -0.2) is 18.4 Å². The first-order valence-electron chi connectivity index (χ1n) is 11.2. The van der Waals surface area contributed by atoms with Crippen LogP contribution in [0.3, 0.4) is 0 Å². The van der Waals surface area contributed by atoms with E-state index in [1.165, 1.54) is 19.5 Å². The maximum atomic E-state index is 13.5. The van der Waals surface area contributed by atoms with E-state index in [-0.39, 0.29) is 23.2 Å². The lowest BCUT2D eigenvalue weighted by Gasteiger charge is -2.27. The zero-order valence-electron chi connectivity index (χ0n) is 18.7. The molecule has 1 aliphatic heterocycles. The summed E-state index contributed by atoms with van der Waals surface area (Å²) >= 11 is 5.88. The SMILES string of the molecule is CO[C@H](c1ncc(Cl)cn1)[C@H](C)S(=O)(=O)Cc1nnc([C@H]2COCCO2)n1C1(C2CC2)CC1. The number of hydrogen-bond donors (Lipinski definition) is 0. The predicted molar refractivity (Wildman–Crippen MR) is 118 cm³/mol. The number of hydrogen-bond acceptors (Lipinski definition) is 9. The molecule has 10 nitrogen and oxygen atoms in total. The van der Waals surface area contributed by atoms with Crippen molar-refractivity contribution >= 4 is 21.4 Å². The average Bonchev–Trinajstić information content (AvgIpc) is 3.73. The summed E-state index contributed by atoms with van der Waals surface area (Å²) in [5.41, 5.74) is -0.103. The third kappa shape index (κ3) is 4.41. The van der Waals surface area contributed by atoms with Gasteiger partial charge >= 0.3 is 0 Å². The van der Waals surface area contributed by atoms with Gasteiger partial charge < -0.3 is 18.8 Å². The van der Waals surface area contributed by atoms with E-state index in [2.05, 4.69) is 24.7 Å². The number of rotatable bonds is 9. The molecule has 0 amide bonds. The minimum absolute atomic E-state index is 0.103. The quantitative estimate of drug-likeness (QED) is 0.514. The molecular weight excluding hydrogens is 470 g/mol. The Morgan fingerprint density at radius 3 is 2.55 bits per heavy atom. The molecule has 2 aromatic rings. The molecule has 0 unspecified atom stereocenters. The molecule has 180 valence electrons. The summed E-state index contributed by atoms with van der Waals surface area (Å²) in [6.07, 6.45) is 5.95. The number of nitrogens with zero attached hydrogens (tertiary/aromatic N) is 5. The first-order valence-corrected chi connectivity index (χ1v) is 13.3. The average molecular weight is 498 g/mol. The second kappa shape index (κ2) is 8.84. The minimum atomic E-state index is -3.69. The summed E-state index contributed by atoms with van der Waals surface area (Å²) in [7, 11) is -2.25. The monoisotopic (exact) mass is 497 g/mol. The maximum absolute atomic E-state index is 13.5. The highest BCUT2D eigenvalue weighted by Crippen LogP contribution is 2.60. The molecule has 2 aromatic heterocycles. The summed E-state index contributed by atoms with van der Waals surface area (Å²) in [4.78, 5) is 8.32. The Balaban J connectivity index is 1.45. The van der Waals surface area contributed by atoms with Gasteiger partial charge in [0.05, 0.1) is 35.6 Å². The summed E-state index contributed by atoms with van der Waals surface area (Å²) in [5, 5.41) is 8.23. The molecule has 3 heterocycles. The van der Waals surface area contributed by atoms with Crippen LogP contribution < -0.4 is 0 Å². The van der Waals surface area contributed by atoms with Crippen LogP contribution in [0.25, 0.3) is 0 Å². The van der Waals surface area contributed by atoms with Gasteiger partial charge in [0.2, 0.25) is 0 Å². The first-order chi connectivity index (χ1) is 15.9. The standard InChI is InChI=1S/C21H28ClN5O5S/c1-13(18(30-2)19-23-9-15(22)10-24-19)33(28,29)12-17-25-26-20(16-11-31-7-8-32-16)27(17)21(5-6-21)14-3-4-14/h9-10,13-14,16,18H,3-8,11-12H2,1-2H3/t13-,16+,18-/m0/s1. The van der Waals surface area contributed by atoms with Gasteiger partial charge in [0.1, 0.15) is 23.8 Å². The van der Waals surface area contributed by atoms with Crippen molar-refractivity contribution in [3.05, 3.63) is 34.9 Å². The predicted octanol–water partition coefficient (Wildman–Crippen LogP) is 2.40. The highest BCUT2D eigenvalue weighted by atomic mass is 35.5. The summed E-state index contributed by atoms with van der Waals surface area (Å²) in [5.74, 6) is 1.66. The van der Waals surface area contributed by atoms with E-state index < -0.39 is 21.2 Å². The molecule has 2 saturated carbocycles. The Kier molecular flexibility index (Phi) is 6.19. The van der Waals surface area contributed by atoms with Crippen LogP contribution in [0.15, 0.2) is 12.4 Å². The van der Waals surface area contributed by atoms with Gasteiger partial charge in [-0.05, 0) is 38.5 Å². The molecule has 5 rings (SSSR count). The zero-order chi connectivity index (χ0) is 23.2. The topological polar surface area (TPSA) is 118 Å². The molecule has 12 heteroatoms. The fraction of sp³-hybridized carbons (Fsp3) is 0.714. The van der Waals surface area contributed by atoms with Crippen LogP contribution in [-0.2, 0) is 35.3 Å². The lowest BCUT2D eigenvalue weighted by molar-refractivity contribution is -0.0955. The van der Waals surface area contributed by atoms with E-state index >= 15 is 0 Å². The van der Waals surface area contributed by atoms with E-state index in [1.807, 2.05) is 0 Å². The molecule has 0 aromatic carbocycles. The highest BCUT2D eigenvalue weighted by Gasteiger charge is 2.58. The van der Waals surface area contributed by atoms with Crippen molar-refractivity contribution in [3.63, 3.8) is 0 Å². The van der Waals surface area contributed by atoms with Crippen LogP contribution in [0.2, 0.25) is 5.02 Å². The van der Waals surface area contributed by atoms with Gasteiger partial charge in [0.15, 0.2) is 21.5 Å². The van der Waals surface area contributed by atoms with Gasteiger partial charge in [-0.15, -0.1) is 10.2 Å². The smallest absolute Gasteiger partial charge is 0.165 e. The second-order valence-electron chi connectivity index (χ2n) is 9.05. The van der Waals surface area contributed by atoms with E-state index in [0.717, 1.165) is 25.7 Å². The van der Waals surface area contributed by atoms with E-state index in [4.69, 9.17) is 25.8 Å². The highest BCUT2D eigenvalue weighted by molar-refractivity contribution is 7.91. The van der Waals surface area contributed by atoms with E-state index in [0.29, 0.717) is 42.4 Å². The fourth-order valence-corrected chi connectivity index (χ4v) is 6.31. The van der Waals surface area contributed by atoms with Crippen molar-refractivity contribution in [2.45, 2.75) is 61.4 Å². The third-order valence-corrected chi connectivity index (χ3v) is 9.11. The minimum Gasteiger partial charge on any atom is -0.376 e. The van der Waals surface area contributed by atoms with Crippen LogP contribution >= 0.6 is 11.6 Å². The van der Waals surface area contributed by atoms with Crippen LogP contribution in [0, 0.1) is 5.92 Å². The molecule has 3 aliphatic rings. The van der Waals surface area contributed by atoms with Gasteiger partial charge in [-0.3, -0.25) is 0 Å². The van der Waals surface area contributed by atoms with E-state index in [9.17, 15) is 8.42 Å². The number of aromatic nitrogens is 5. The molecule has 0 bridgehead atoms. The van der Waals surface area contributed by atoms with Crippen molar-refractivity contribution in [1.82, 2.24) is 24.7 Å². The molecule has 33 heavy (non-hydrogen) atoms. The van der Waals surface area contributed by atoms with Crippen molar-refractivity contribution in [2.75, 3.05) is 26.9 Å². The molecular formula is C21H28ClN5O5S. The van der Waals surface area contributed by atoms with E-state index in [1.54, 1.807) is 6.92 Å². The Morgan fingerprint density at radius 1 is 1.24 bits per heavy atom. The number of halogens is 1. The van der Waals surface area contributed by atoms with Crippen LogP contribution in [0.1, 0.15) is 62.3 Å². The molecule has 2 aliphatic carbocycles. The lowest BCUT2D eigenvalue weighted by Crippen LogP contribution is -2.33. The largest absolute Gasteiger partial charge is 0.376 e. The van der Waals surface area contributed by atoms with Crippen molar-refractivity contribution in [2.24, 2.45) is 5.92 Å². The number of methoxy groups -OCH3 is 1. The molecule has 0 N–H and O–H groups in total. The van der Waals surface area contributed by atoms with Crippen molar-refractivity contribution in [1.29, 1.82) is 0 Å². The number of ether oxygens (including phenoxy) is 3. The van der Waals surface area contributed by atoms with Crippen LogP contribution in [0.4, 0.5) is 0 Å². The third-order valence-electron chi connectivity index (χ3n) is 6.88. The van der Waals surface area contributed by atoms with Gasteiger partial charge in [-0.1, -0.05) is 11.6 Å². The molecule has 0 radical (unpaired) electrons. The Bertz CT molecular complexity index is 1090. The van der Waals surface area contributed by atoms with Gasteiger partial charge in [-0.2, -0.15) is 0 Å². The first kappa shape index (κ1) is 23.1. The number of sulfone groups is 1. The summed E-state index contributed by atoms with van der Waals surface area (Å²) in [6.45, 7) is 3.02. The zero-order valence-corrected chi connectivity index (χ0v) is 20.3. The molecule has 3 fully saturated rings. The van der Waals surface area contributed by atoms with Gasteiger partial charge in [0, 0.05) is 19.5 Å². The van der Waals surface area contributed by atoms with Crippen molar-refractivity contribution < 1.29 is 22.6 Å².